The first kappa shape index (κ1) is 20.4. The first-order valence-corrected chi connectivity index (χ1v) is 13.5. The number of hydrogen-bond donors (Lipinski definition) is 0. The molecule has 0 saturated carbocycles. The number of aromatic nitrogens is 2. The molecule has 1 aliphatic heterocycles. The predicted octanol–water partition coefficient (Wildman–Crippen LogP) is 7.23. The Morgan fingerprint density at radius 1 is 0.600 bits per heavy atom. The maximum Gasteiger partial charge on any atom is 0.210 e. The van der Waals surface area contributed by atoms with E-state index in [1.807, 2.05) is 28.8 Å². The number of imidazole rings is 1. The zero-order chi connectivity index (χ0) is 23.6. The van der Waals surface area contributed by atoms with Crippen LogP contribution in [0.1, 0.15) is 0 Å². The highest BCUT2D eigenvalue weighted by Gasteiger charge is 2.33. The summed E-state index contributed by atoms with van der Waals surface area (Å²) in [6.07, 6.45) is 0. The summed E-state index contributed by atoms with van der Waals surface area (Å²) in [6.45, 7) is 0. The van der Waals surface area contributed by atoms with Crippen molar-refractivity contribution < 1.29 is 8.42 Å². The molecular formula is C29H18N2O2S2. The van der Waals surface area contributed by atoms with Gasteiger partial charge in [-0.1, -0.05) is 72.8 Å². The summed E-state index contributed by atoms with van der Waals surface area (Å²) >= 11 is 1.77. The first-order valence-electron chi connectivity index (χ1n) is 11.2. The zero-order valence-electron chi connectivity index (χ0n) is 18.4. The fourth-order valence-electron chi connectivity index (χ4n) is 4.76. The molecule has 2 aromatic heterocycles. The number of benzene rings is 4. The highest BCUT2D eigenvalue weighted by Crippen LogP contribution is 2.42. The van der Waals surface area contributed by atoms with Gasteiger partial charge in [-0.05, 0) is 47.5 Å². The van der Waals surface area contributed by atoms with Crippen LogP contribution in [0.3, 0.4) is 0 Å². The Bertz CT molecular complexity index is 1850. The quantitative estimate of drug-likeness (QED) is 0.262. The molecule has 6 aromatic rings. The average Bonchev–Trinajstić information content (AvgIpc) is 3.54. The standard InChI is InChI=1S/C29H18N2O2S2/c32-35(33)26-11-5-4-10-23(26)31-28-22(9-6-12-27(28)35)30-29(31)21-15-13-20(14-16-21)25-18-17-24(34-25)19-7-2-1-3-8-19/h1-18H. The summed E-state index contributed by atoms with van der Waals surface area (Å²) in [6, 6.07) is 35.5. The molecule has 0 radical (unpaired) electrons. The minimum atomic E-state index is -3.60. The topological polar surface area (TPSA) is 52.0 Å². The monoisotopic (exact) mass is 490 g/mol. The Labute approximate surface area is 206 Å². The molecule has 35 heavy (non-hydrogen) atoms. The van der Waals surface area contributed by atoms with E-state index in [1.165, 1.54) is 15.3 Å². The van der Waals surface area contributed by atoms with E-state index in [-0.39, 0.29) is 0 Å². The summed E-state index contributed by atoms with van der Waals surface area (Å²) in [7, 11) is -3.60. The number of hydrogen-bond acceptors (Lipinski definition) is 4. The van der Waals surface area contributed by atoms with Gasteiger partial charge >= 0.3 is 0 Å². The van der Waals surface area contributed by atoms with E-state index in [9.17, 15) is 8.42 Å². The van der Waals surface area contributed by atoms with Gasteiger partial charge in [0.25, 0.3) is 0 Å². The number of para-hydroxylation sites is 2. The molecule has 0 amide bonds. The van der Waals surface area contributed by atoms with Crippen LogP contribution < -0.4 is 0 Å². The molecule has 0 bridgehead atoms. The molecule has 0 saturated heterocycles. The molecule has 0 N–H and O–H groups in total. The SMILES string of the molecule is O=S1(=O)c2ccccc2-n2c(-c3ccc(-c4ccc(-c5ccccc5)s4)cc3)nc3cccc1c32. The van der Waals surface area contributed by atoms with Crippen LogP contribution in [-0.4, -0.2) is 18.0 Å². The molecule has 0 atom stereocenters. The molecule has 0 unspecified atom stereocenters. The van der Waals surface area contributed by atoms with Crippen molar-refractivity contribution in [2.24, 2.45) is 0 Å². The number of rotatable bonds is 3. The maximum absolute atomic E-state index is 13.3. The lowest BCUT2D eigenvalue weighted by Crippen LogP contribution is -2.14. The van der Waals surface area contributed by atoms with E-state index in [0.717, 1.165) is 17.0 Å². The van der Waals surface area contributed by atoms with E-state index in [0.29, 0.717) is 26.5 Å². The average molecular weight is 491 g/mol. The molecular weight excluding hydrogens is 472 g/mol. The molecule has 3 heterocycles. The normalized spacial score (nSPS) is 13.6. The third-order valence-corrected chi connectivity index (χ3v) is 9.43. The summed E-state index contributed by atoms with van der Waals surface area (Å²) in [4.78, 5) is 7.91. The van der Waals surface area contributed by atoms with Crippen LogP contribution in [0.4, 0.5) is 0 Å². The second kappa shape index (κ2) is 7.50. The molecule has 4 nitrogen and oxygen atoms in total. The van der Waals surface area contributed by atoms with Gasteiger partial charge in [-0.2, -0.15) is 0 Å². The molecule has 168 valence electrons. The lowest BCUT2D eigenvalue weighted by atomic mass is 10.1. The highest BCUT2D eigenvalue weighted by atomic mass is 32.2. The maximum atomic E-state index is 13.3. The summed E-state index contributed by atoms with van der Waals surface area (Å²) in [5, 5.41) is 0. The lowest BCUT2D eigenvalue weighted by Gasteiger charge is -2.20. The van der Waals surface area contributed by atoms with E-state index < -0.39 is 9.84 Å². The molecule has 0 fully saturated rings. The van der Waals surface area contributed by atoms with Gasteiger partial charge in [0, 0.05) is 15.3 Å². The fraction of sp³-hybridized carbons (Fsp3) is 0. The molecule has 1 aliphatic rings. The molecule has 0 aliphatic carbocycles. The van der Waals surface area contributed by atoms with Gasteiger partial charge in [-0.25, -0.2) is 13.4 Å². The Kier molecular flexibility index (Phi) is 4.37. The van der Waals surface area contributed by atoms with Crippen LogP contribution >= 0.6 is 11.3 Å². The van der Waals surface area contributed by atoms with Gasteiger partial charge in [0.1, 0.15) is 5.82 Å². The Morgan fingerprint density at radius 3 is 2.00 bits per heavy atom. The van der Waals surface area contributed by atoms with E-state index in [1.54, 1.807) is 35.6 Å². The Balaban J connectivity index is 1.36. The summed E-state index contributed by atoms with van der Waals surface area (Å²) < 4.78 is 28.6. The van der Waals surface area contributed by atoms with Gasteiger partial charge in [0.15, 0.2) is 0 Å². The number of sulfone groups is 1. The van der Waals surface area contributed by atoms with Gasteiger partial charge < -0.3 is 0 Å². The van der Waals surface area contributed by atoms with Crippen molar-refractivity contribution in [3.05, 3.63) is 109 Å². The minimum absolute atomic E-state index is 0.302. The summed E-state index contributed by atoms with van der Waals surface area (Å²) in [5.41, 5.74) is 5.23. The van der Waals surface area contributed by atoms with Crippen LogP contribution in [0.25, 0.3) is 49.0 Å². The largest absolute Gasteiger partial charge is 0.290 e. The van der Waals surface area contributed by atoms with Crippen molar-refractivity contribution in [2.75, 3.05) is 0 Å². The van der Waals surface area contributed by atoms with Gasteiger partial charge in [-0.15, -0.1) is 11.3 Å². The van der Waals surface area contributed by atoms with E-state index in [2.05, 4.69) is 60.7 Å². The zero-order valence-corrected chi connectivity index (χ0v) is 20.1. The smallest absolute Gasteiger partial charge is 0.210 e. The summed E-state index contributed by atoms with van der Waals surface area (Å²) in [5.74, 6) is 0.734. The van der Waals surface area contributed by atoms with Crippen molar-refractivity contribution in [2.45, 2.75) is 9.79 Å². The second-order valence-corrected chi connectivity index (χ2v) is 11.4. The van der Waals surface area contributed by atoms with E-state index >= 15 is 0 Å². The first-order chi connectivity index (χ1) is 17.1. The molecule has 6 heteroatoms. The highest BCUT2D eigenvalue weighted by molar-refractivity contribution is 7.92. The van der Waals surface area contributed by atoms with Crippen LogP contribution in [0, 0.1) is 0 Å². The van der Waals surface area contributed by atoms with Gasteiger partial charge in [-0.3, -0.25) is 4.57 Å². The lowest BCUT2D eigenvalue weighted by molar-refractivity contribution is 0.594. The molecule has 4 aromatic carbocycles. The third-order valence-electron chi connectivity index (χ3n) is 6.42. The fourth-order valence-corrected chi connectivity index (χ4v) is 7.42. The molecule has 7 rings (SSSR count). The third kappa shape index (κ3) is 3.04. The van der Waals surface area contributed by atoms with Crippen molar-refractivity contribution in [3.63, 3.8) is 0 Å². The van der Waals surface area contributed by atoms with Crippen LogP contribution in [0.15, 0.2) is 119 Å². The predicted molar refractivity (Wildman–Crippen MR) is 141 cm³/mol. The van der Waals surface area contributed by atoms with Crippen LogP contribution in [0.2, 0.25) is 0 Å². The van der Waals surface area contributed by atoms with Gasteiger partial charge in [0.05, 0.1) is 26.5 Å². The van der Waals surface area contributed by atoms with Crippen molar-refractivity contribution in [1.29, 1.82) is 0 Å². The van der Waals surface area contributed by atoms with E-state index in [4.69, 9.17) is 4.98 Å². The number of thiophene rings is 1. The van der Waals surface area contributed by atoms with Crippen molar-refractivity contribution in [3.8, 4) is 38.0 Å². The Hall–Kier alpha value is -4.00. The minimum Gasteiger partial charge on any atom is -0.290 e. The Morgan fingerprint density at radius 2 is 1.23 bits per heavy atom. The second-order valence-electron chi connectivity index (χ2n) is 8.47. The molecule has 0 spiro atoms. The van der Waals surface area contributed by atoms with Gasteiger partial charge in [0.2, 0.25) is 9.84 Å². The van der Waals surface area contributed by atoms with Crippen molar-refractivity contribution >= 4 is 32.2 Å². The number of fused-ring (bicyclic) bond motifs is 2. The number of nitrogens with zero attached hydrogens (tertiary/aromatic N) is 2. The van der Waals surface area contributed by atoms with Crippen molar-refractivity contribution in [1.82, 2.24) is 9.55 Å². The van der Waals surface area contributed by atoms with Crippen LogP contribution in [0.5, 0.6) is 0 Å². The van der Waals surface area contributed by atoms with Crippen LogP contribution in [-0.2, 0) is 9.84 Å².